The molecule has 1 unspecified atom stereocenters. The SMILES string of the molecule is c1ccc(-c2nc3c(-c4ccc(-c5cc6ccccc6cc5C5=Nc6ccccc6C(c6ccccc6)CC5)cc4)cccc3s2)cc1. The maximum Gasteiger partial charge on any atom is 0.124 e. The van der Waals surface area contributed by atoms with Gasteiger partial charge in [0.2, 0.25) is 0 Å². The lowest BCUT2D eigenvalue weighted by molar-refractivity contribution is 0.752. The molecule has 228 valence electrons. The minimum atomic E-state index is 0.308. The molecular weight excluding hydrogens is 601 g/mol. The molecule has 0 bridgehead atoms. The number of aliphatic imine (C=N–C) groups is 1. The summed E-state index contributed by atoms with van der Waals surface area (Å²) in [4.78, 5) is 10.5. The van der Waals surface area contributed by atoms with Crippen LogP contribution in [0.1, 0.15) is 35.4 Å². The zero-order valence-corrected chi connectivity index (χ0v) is 27.2. The average molecular weight is 633 g/mol. The molecule has 1 aliphatic rings. The summed E-state index contributed by atoms with van der Waals surface area (Å²) in [6, 6.07) is 58.9. The van der Waals surface area contributed by atoms with Gasteiger partial charge in [-0.3, -0.25) is 4.99 Å². The third-order valence-corrected chi connectivity index (χ3v) is 10.7. The van der Waals surface area contributed by atoms with Crippen molar-refractivity contribution in [3.8, 4) is 32.8 Å². The molecule has 0 aliphatic carbocycles. The Kier molecular flexibility index (Phi) is 7.25. The Hall–Kier alpha value is -5.64. The number of benzene rings is 7. The molecule has 0 spiro atoms. The Bertz CT molecular complexity index is 2440. The highest BCUT2D eigenvalue weighted by Crippen LogP contribution is 2.41. The van der Waals surface area contributed by atoms with Crippen LogP contribution in [0.25, 0.3) is 53.8 Å². The molecule has 0 saturated heterocycles. The van der Waals surface area contributed by atoms with Gasteiger partial charge in [0.15, 0.2) is 0 Å². The molecule has 7 aromatic carbocycles. The summed E-state index contributed by atoms with van der Waals surface area (Å²) in [5.41, 5.74) is 13.0. The summed E-state index contributed by atoms with van der Waals surface area (Å²) in [5, 5.41) is 3.52. The van der Waals surface area contributed by atoms with E-state index in [1.54, 1.807) is 11.3 Å². The number of aromatic nitrogens is 1. The molecule has 0 fully saturated rings. The molecule has 2 heterocycles. The van der Waals surface area contributed by atoms with Crippen molar-refractivity contribution in [2.45, 2.75) is 18.8 Å². The second kappa shape index (κ2) is 12.2. The standard InChI is InChI=1S/C45H32N2S/c1-3-12-30(13-4-1)36-26-27-42(46-41-20-10-9-18-38(36)41)40-29-35-17-8-7-16-34(35)28-39(40)32-24-22-31(23-25-32)37-19-11-21-43-44(37)47-45(48-43)33-14-5-2-6-15-33/h1-25,28-29,36H,26-27H2. The van der Waals surface area contributed by atoms with E-state index in [9.17, 15) is 0 Å². The lowest BCUT2D eigenvalue weighted by Crippen LogP contribution is -2.05. The summed E-state index contributed by atoms with van der Waals surface area (Å²) in [5.74, 6) is 0.308. The molecule has 8 aromatic rings. The maximum atomic E-state index is 5.41. The van der Waals surface area contributed by atoms with Gasteiger partial charge >= 0.3 is 0 Å². The Balaban J connectivity index is 1.13. The highest BCUT2D eigenvalue weighted by atomic mass is 32.1. The van der Waals surface area contributed by atoms with Gasteiger partial charge in [0.25, 0.3) is 0 Å². The van der Waals surface area contributed by atoms with Crippen molar-refractivity contribution < 1.29 is 0 Å². The zero-order chi connectivity index (χ0) is 31.9. The molecule has 1 aliphatic heterocycles. The Morgan fingerprint density at radius 2 is 1.17 bits per heavy atom. The van der Waals surface area contributed by atoms with Gasteiger partial charge in [0.05, 0.1) is 15.9 Å². The number of thiazole rings is 1. The molecule has 48 heavy (non-hydrogen) atoms. The summed E-state index contributed by atoms with van der Waals surface area (Å²) in [6.45, 7) is 0. The predicted octanol–water partition coefficient (Wildman–Crippen LogP) is 12.5. The van der Waals surface area contributed by atoms with Crippen molar-refractivity contribution in [2.75, 3.05) is 0 Å². The highest BCUT2D eigenvalue weighted by Gasteiger charge is 2.24. The monoisotopic (exact) mass is 632 g/mol. The van der Waals surface area contributed by atoms with Gasteiger partial charge in [-0.05, 0) is 75.7 Å². The first-order valence-corrected chi connectivity index (χ1v) is 17.4. The van der Waals surface area contributed by atoms with Crippen molar-refractivity contribution in [3.63, 3.8) is 0 Å². The first-order chi connectivity index (χ1) is 23.8. The van der Waals surface area contributed by atoms with Crippen molar-refractivity contribution >= 4 is 43.7 Å². The van der Waals surface area contributed by atoms with Crippen molar-refractivity contribution in [1.29, 1.82) is 0 Å². The molecule has 0 saturated carbocycles. The number of rotatable bonds is 5. The van der Waals surface area contributed by atoms with Crippen molar-refractivity contribution in [1.82, 2.24) is 4.98 Å². The minimum Gasteiger partial charge on any atom is -0.253 e. The van der Waals surface area contributed by atoms with Crippen LogP contribution in [0, 0.1) is 0 Å². The summed E-state index contributed by atoms with van der Waals surface area (Å²) in [6.07, 6.45) is 1.90. The molecule has 2 nitrogen and oxygen atoms in total. The van der Waals surface area contributed by atoms with Gasteiger partial charge in [0, 0.05) is 28.3 Å². The third kappa shape index (κ3) is 5.23. The third-order valence-electron chi connectivity index (χ3n) is 9.58. The van der Waals surface area contributed by atoms with Crippen LogP contribution in [0.15, 0.2) is 169 Å². The lowest BCUT2D eigenvalue weighted by atomic mass is 9.85. The minimum absolute atomic E-state index is 0.308. The van der Waals surface area contributed by atoms with Crippen LogP contribution >= 0.6 is 11.3 Å². The van der Waals surface area contributed by atoms with Gasteiger partial charge in [-0.15, -0.1) is 11.3 Å². The van der Waals surface area contributed by atoms with Crippen LogP contribution in [0.5, 0.6) is 0 Å². The fourth-order valence-electron chi connectivity index (χ4n) is 7.18. The molecule has 1 atom stereocenters. The maximum absolute atomic E-state index is 5.41. The van der Waals surface area contributed by atoms with Gasteiger partial charge in [0.1, 0.15) is 5.01 Å². The predicted molar refractivity (Wildman–Crippen MR) is 204 cm³/mol. The fourth-order valence-corrected chi connectivity index (χ4v) is 8.18. The van der Waals surface area contributed by atoms with Crippen LogP contribution in [0.2, 0.25) is 0 Å². The summed E-state index contributed by atoms with van der Waals surface area (Å²) >= 11 is 1.75. The number of hydrogen-bond donors (Lipinski definition) is 0. The summed E-state index contributed by atoms with van der Waals surface area (Å²) in [7, 11) is 0. The molecule has 0 amide bonds. The van der Waals surface area contributed by atoms with Crippen molar-refractivity contribution in [2.24, 2.45) is 4.99 Å². The zero-order valence-electron chi connectivity index (χ0n) is 26.4. The van der Waals surface area contributed by atoms with Gasteiger partial charge in [-0.2, -0.15) is 0 Å². The van der Waals surface area contributed by atoms with E-state index in [2.05, 4.69) is 158 Å². The average Bonchev–Trinajstić information content (AvgIpc) is 3.51. The molecule has 0 N–H and O–H groups in total. The second-order valence-electron chi connectivity index (χ2n) is 12.5. The van der Waals surface area contributed by atoms with Gasteiger partial charge in [-0.1, -0.05) is 140 Å². The quantitative estimate of drug-likeness (QED) is 0.185. The van der Waals surface area contributed by atoms with E-state index >= 15 is 0 Å². The molecule has 3 heteroatoms. The van der Waals surface area contributed by atoms with Gasteiger partial charge in [-0.25, -0.2) is 4.98 Å². The molecule has 0 radical (unpaired) electrons. The fraction of sp³-hybridized carbons (Fsp3) is 0.0667. The van der Waals surface area contributed by atoms with Crippen LogP contribution in [-0.2, 0) is 0 Å². The van der Waals surface area contributed by atoms with E-state index in [0.717, 1.165) is 45.9 Å². The smallest absolute Gasteiger partial charge is 0.124 e. The van der Waals surface area contributed by atoms with E-state index in [4.69, 9.17) is 9.98 Å². The number of fused-ring (bicyclic) bond motifs is 3. The Morgan fingerprint density at radius 1 is 0.521 bits per heavy atom. The van der Waals surface area contributed by atoms with E-state index in [1.807, 2.05) is 6.07 Å². The molecule has 1 aromatic heterocycles. The highest BCUT2D eigenvalue weighted by molar-refractivity contribution is 7.21. The Labute approximate surface area is 284 Å². The van der Waals surface area contributed by atoms with Crippen LogP contribution in [0.3, 0.4) is 0 Å². The van der Waals surface area contributed by atoms with E-state index in [-0.39, 0.29) is 0 Å². The second-order valence-corrected chi connectivity index (χ2v) is 13.5. The van der Waals surface area contributed by atoms with E-state index < -0.39 is 0 Å². The first kappa shape index (κ1) is 28.6. The van der Waals surface area contributed by atoms with Crippen LogP contribution < -0.4 is 0 Å². The number of nitrogens with zero attached hydrogens (tertiary/aromatic N) is 2. The van der Waals surface area contributed by atoms with E-state index in [1.165, 1.54) is 48.9 Å². The summed E-state index contributed by atoms with van der Waals surface area (Å²) < 4.78 is 1.20. The number of para-hydroxylation sites is 2. The topological polar surface area (TPSA) is 25.2 Å². The number of hydrogen-bond acceptors (Lipinski definition) is 3. The van der Waals surface area contributed by atoms with Crippen LogP contribution in [-0.4, -0.2) is 10.7 Å². The normalized spacial score (nSPS) is 14.4. The van der Waals surface area contributed by atoms with E-state index in [0.29, 0.717) is 5.92 Å². The molecular formula is C45H32N2S. The largest absolute Gasteiger partial charge is 0.253 e. The van der Waals surface area contributed by atoms with Crippen molar-refractivity contribution in [3.05, 3.63) is 180 Å². The van der Waals surface area contributed by atoms with Crippen LogP contribution in [0.4, 0.5) is 5.69 Å². The van der Waals surface area contributed by atoms with Gasteiger partial charge < -0.3 is 0 Å². The Morgan fingerprint density at radius 3 is 1.94 bits per heavy atom. The molecule has 9 rings (SSSR count). The first-order valence-electron chi connectivity index (χ1n) is 16.6. The lowest BCUT2D eigenvalue weighted by Gasteiger charge is -2.17.